The predicted octanol–water partition coefficient (Wildman–Crippen LogP) is 4.05. The van der Waals surface area contributed by atoms with Crippen molar-refractivity contribution in [2.75, 3.05) is 30.0 Å². The number of hydrogen-bond donors (Lipinski definition) is 1. The van der Waals surface area contributed by atoms with Gasteiger partial charge in [-0.15, -0.1) is 0 Å². The Labute approximate surface area is 188 Å². The number of para-hydroxylation sites is 1. The van der Waals surface area contributed by atoms with Crippen LogP contribution in [0.2, 0.25) is 0 Å². The van der Waals surface area contributed by atoms with Crippen molar-refractivity contribution in [1.82, 2.24) is 0 Å². The highest BCUT2D eigenvalue weighted by Crippen LogP contribution is 2.29. The summed E-state index contributed by atoms with van der Waals surface area (Å²) in [5.74, 6) is -0.739. The molecule has 0 aliphatic carbocycles. The van der Waals surface area contributed by atoms with E-state index in [-0.39, 0.29) is 24.8 Å². The van der Waals surface area contributed by atoms with E-state index in [2.05, 4.69) is 19.2 Å². The Morgan fingerprint density at radius 2 is 1.88 bits per heavy atom. The lowest BCUT2D eigenvalue weighted by atomic mass is 9.98. The number of ether oxygens (including phenoxy) is 2. The summed E-state index contributed by atoms with van der Waals surface area (Å²) in [5.41, 5.74) is 3.42. The third-order valence-corrected chi connectivity index (χ3v) is 5.45. The van der Waals surface area contributed by atoms with Crippen LogP contribution in [0, 0.1) is 12.8 Å². The first kappa shape index (κ1) is 23.3. The summed E-state index contributed by atoms with van der Waals surface area (Å²) in [4.78, 5) is 38.9. The van der Waals surface area contributed by atoms with Crippen molar-refractivity contribution in [2.45, 2.75) is 40.0 Å². The summed E-state index contributed by atoms with van der Waals surface area (Å²) < 4.78 is 10.7. The Morgan fingerprint density at radius 3 is 2.53 bits per heavy atom. The fourth-order valence-electron chi connectivity index (χ4n) is 3.78. The first-order valence-electron chi connectivity index (χ1n) is 10.9. The van der Waals surface area contributed by atoms with Crippen LogP contribution in [0.5, 0.6) is 5.75 Å². The molecule has 1 aliphatic rings. The molecule has 3 rings (SSSR count). The van der Waals surface area contributed by atoms with Gasteiger partial charge in [0.15, 0.2) is 6.61 Å². The first-order valence-corrected chi connectivity index (χ1v) is 10.9. The van der Waals surface area contributed by atoms with E-state index in [1.807, 2.05) is 32.0 Å². The highest BCUT2D eigenvalue weighted by atomic mass is 16.5. The number of anilines is 2. The van der Waals surface area contributed by atoms with Gasteiger partial charge in [-0.1, -0.05) is 32.0 Å². The molecule has 0 bridgehead atoms. The summed E-state index contributed by atoms with van der Waals surface area (Å²) in [6, 6.07) is 13.0. The van der Waals surface area contributed by atoms with Crippen LogP contribution in [0.4, 0.5) is 11.4 Å². The minimum absolute atomic E-state index is 0.0585. The summed E-state index contributed by atoms with van der Waals surface area (Å²) in [6.07, 6.45) is 0.0585. The van der Waals surface area contributed by atoms with Gasteiger partial charge in [-0.05, 0) is 55.2 Å². The van der Waals surface area contributed by atoms with Gasteiger partial charge in [0.25, 0.3) is 5.91 Å². The number of aryl methyl sites for hydroxylation is 1. The van der Waals surface area contributed by atoms with Gasteiger partial charge < -0.3 is 19.7 Å². The van der Waals surface area contributed by atoms with E-state index in [4.69, 9.17) is 9.47 Å². The molecule has 2 aromatic rings. The zero-order valence-corrected chi connectivity index (χ0v) is 19.0. The summed E-state index contributed by atoms with van der Waals surface area (Å²) in [7, 11) is 0. The van der Waals surface area contributed by atoms with Crippen molar-refractivity contribution in [3.8, 4) is 5.75 Å². The number of amides is 2. The van der Waals surface area contributed by atoms with Gasteiger partial charge in [0, 0.05) is 24.3 Å². The topological polar surface area (TPSA) is 84.9 Å². The lowest BCUT2D eigenvalue weighted by Gasteiger charge is -2.17. The van der Waals surface area contributed by atoms with Gasteiger partial charge in [0.05, 0.1) is 12.5 Å². The average molecular weight is 439 g/mol. The van der Waals surface area contributed by atoms with Crippen molar-refractivity contribution in [3.63, 3.8) is 0 Å². The number of carbonyl (C=O) groups excluding carboxylic acids is 3. The first-order chi connectivity index (χ1) is 15.3. The molecule has 7 nitrogen and oxygen atoms in total. The molecule has 0 spiro atoms. The normalized spacial score (nSPS) is 15.7. The maximum Gasteiger partial charge on any atom is 0.311 e. The number of hydrogen-bond acceptors (Lipinski definition) is 5. The van der Waals surface area contributed by atoms with Crippen molar-refractivity contribution < 1.29 is 23.9 Å². The molecular weight excluding hydrogens is 408 g/mol. The van der Waals surface area contributed by atoms with Crippen molar-refractivity contribution in [1.29, 1.82) is 0 Å². The summed E-state index contributed by atoms with van der Waals surface area (Å²) in [5, 5.41) is 2.86. The quantitative estimate of drug-likeness (QED) is 0.629. The molecule has 1 N–H and O–H groups in total. The lowest BCUT2D eigenvalue weighted by Crippen LogP contribution is -2.28. The summed E-state index contributed by atoms with van der Waals surface area (Å²) in [6.45, 7) is 8.33. The molecule has 0 saturated carbocycles. The van der Waals surface area contributed by atoms with Gasteiger partial charge in [-0.25, -0.2) is 0 Å². The standard InChI is InChI=1S/C25H30N2O5/c1-5-31-20-11-9-19(10-12-20)27-14-18(13-23(27)29)25(30)32-15-22(28)26-24-17(4)7-6-8-21(24)16(2)3/h6-12,16,18H,5,13-15H2,1-4H3,(H,26,28). The molecule has 2 aromatic carbocycles. The Hall–Kier alpha value is -3.35. The highest BCUT2D eigenvalue weighted by Gasteiger charge is 2.36. The fraction of sp³-hybridized carbons (Fsp3) is 0.400. The highest BCUT2D eigenvalue weighted by molar-refractivity contribution is 6.00. The molecule has 1 unspecified atom stereocenters. The predicted molar refractivity (Wildman–Crippen MR) is 123 cm³/mol. The van der Waals surface area contributed by atoms with Crippen LogP contribution >= 0.6 is 0 Å². The molecule has 0 aromatic heterocycles. The zero-order chi connectivity index (χ0) is 23.3. The van der Waals surface area contributed by atoms with Crippen molar-refractivity contribution >= 4 is 29.2 Å². The van der Waals surface area contributed by atoms with E-state index in [1.165, 1.54) is 0 Å². The number of esters is 1. The van der Waals surface area contributed by atoms with Crippen molar-refractivity contribution in [3.05, 3.63) is 53.6 Å². The third-order valence-electron chi connectivity index (χ3n) is 5.45. The lowest BCUT2D eigenvalue weighted by molar-refractivity contribution is -0.151. The molecule has 1 aliphatic heterocycles. The second-order valence-corrected chi connectivity index (χ2v) is 8.18. The van der Waals surface area contributed by atoms with Gasteiger partial charge in [0.1, 0.15) is 5.75 Å². The molecule has 2 amide bonds. The second-order valence-electron chi connectivity index (χ2n) is 8.18. The van der Waals surface area contributed by atoms with Crippen LogP contribution in [-0.4, -0.2) is 37.5 Å². The Balaban J connectivity index is 1.55. The van der Waals surface area contributed by atoms with E-state index < -0.39 is 24.4 Å². The van der Waals surface area contributed by atoms with Crippen LogP contribution in [0.15, 0.2) is 42.5 Å². The Morgan fingerprint density at radius 1 is 1.16 bits per heavy atom. The summed E-state index contributed by atoms with van der Waals surface area (Å²) >= 11 is 0. The largest absolute Gasteiger partial charge is 0.494 e. The number of rotatable bonds is 8. The number of nitrogens with one attached hydrogen (secondary N) is 1. The second kappa shape index (κ2) is 10.3. The van der Waals surface area contributed by atoms with Gasteiger partial charge >= 0.3 is 5.97 Å². The maximum absolute atomic E-state index is 12.5. The number of carbonyl (C=O) groups is 3. The molecule has 32 heavy (non-hydrogen) atoms. The Bertz CT molecular complexity index is 984. The molecule has 170 valence electrons. The van der Waals surface area contributed by atoms with Crippen LogP contribution < -0.4 is 15.0 Å². The van der Waals surface area contributed by atoms with Gasteiger partial charge in [-0.2, -0.15) is 0 Å². The van der Waals surface area contributed by atoms with E-state index in [1.54, 1.807) is 29.2 Å². The third kappa shape index (κ3) is 5.46. The van der Waals surface area contributed by atoms with Gasteiger partial charge in [0.2, 0.25) is 5.91 Å². The zero-order valence-electron chi connectivity index (χ0n) is 19.0. The molecular formula is C25H30N2O5. The SMILES string of the molecule is CCOc1ccc(N2CC(C(=O)OCC(=O)Nc3c(C)cccc3C(C)C)CC2=O)cc1. The minimum atomic E-state index is -0.605. The van der Waals surface area contributed by atoms with E-state index in [0.717, 1.165) is 22.6 Å². The van der Waals surface area contributed by atoms with Crippen LogP contribution in [0.3, 0.4) is 0 Å². The Kier molecular flexibility index (Phi) is 7.51. The molecule has 0 radical (unpaired) electrons. The smallest absolute Gasteiger partial charge is 0.311 e. The van der Waals surface area contributed by atoms with E-state index >= 15 is 0 Å². The van der Waals surface area contributed by atoms with E-state index in [9.17, 15) is 14.4 Å². The molecule has 1 saturated heterocycles. The van der Waals surface area contributed by atoms with Crippen molar-refractivity contribution in [2.24, 2.45) is 5.92 Å². The molecule has 1 heterocycles. The van der Waals surface area contributed by atoms with Gasteiger partial charge in [-0.3, -0.25) is 14.4 Å². The molecule has 1 atom stereocenters. The number of nitrogens with zero attached hydrogens (tertiary/aromatic N) is 1. The number of benzene rings is 2. The fourth-order valence-corrected chi connectivity index (χ4v) is 3.78. The maximum atomic E-state index is 12.5. The monoisotopic (exact) mass is 438 g/mol. The molecule has 7 heteroatoms. The average Bonchev–Trinajstić information content (AvgIpc) is 3.16. The molecule has 1 fully saturated rings. The minimum Gasteiger partial charge on any atom is -0.494 e. The van der Waals surface area contributed by atoms with Crippen LogP contribution in [0.1, 0.15) is 44.2 Å². The van der Waals surface area contributed by atoms with Crippen LogP contribution in [-0.2, 0) is 19.1 Å². The van der Waals surface area contributed by atoms with E-state index in [0.29, 0.717) is 12.3 Å². The van der Waals surface area contributed by atoms with Crippen LogP contribution in [0.25, 0.3) is 0 Å².